The minimum absolute atomic E-state index is 0.0295. The summed E-state index contributed by atoms with van der Waals surface area (Å²) in [5.74, 6) is 0. The molecule has 3 atom stereocenters. The first kappa shape index (κ1) is 13.8. The van der Waals surface area contributed by atoms with Gasteiger partial charge in [0.1, 0.15) is 18.3 Å². The zero-order valence-corrected chi connectivity index (χ0v) is 8.46. The van der Waals surface area contributed by atoms with Gasteiger partial charge >= 0.3 is 0 Å². The Balaban J connectivity index is 3.56. The highest BCUT2D eigenvalue weighted by Gasteiger charge is 2.23. The van der Waals surface area contributed by atoms with E-state index in [0.717, 1.165) is 12.8 Å². The molecule has 0 aromatic heterocycles. The van der Waals surface area contributed by atoms with Crippen LogP contribution >= 0.6 is 0 Å². The lowest BCUT2D eigenvalue weighted by molar-refractivity contribution is -0.0996. The van der Waals surface area contributed by atoms with Crippen LogP contribution in [-0.2, 0) is 4.74 Å². The van der Waals surface area contributed by atoms with Crippen LogP contribution in [0.5, 0.6) is 0 Å². The molecule has 0 heterocycles. The first-order valence-electron chi connectivity index (χ1n) is 4.86. The maximum atomic E-state index is 9.27. The molecule has 0 aromatic carbocycles. The van der Waals surface area contributed by atoms with Gasteiger partial charge in [0.05, 0.1) is 13.2 Å². The van der Waals surface area contributed by atoms with Crippen molar-refractivity contribution in [2.24, 2.45) is 0 Å². The molecular formula is C9H20O5. The van der Waals surface area contributed by atoms with Crippen LogP contribution in [0.25, 0.3) is 0 Å². The van der Waals surface area contributed by atoms with Crippen LogP contribution in [0.15, 0.2) is 0 Å². The molecular weight excluding hydrogens is 188 g/mol. The minimum Gasteiger partial charge on any atom is -0.394 e. The Kier molecular flexibility index (Phi) is 8.02. The molecule has 0 aliphatic rings. The fourth-order valence-electron chi connectivity index (χ4n) is 0.913. The largest absolute Gasteiger partial charge is 0.394 e. The van der Waals surface area contributed by atoms with Crippen LogP contribution in [-0.4, -0.2) is 58.6 Å². The Morgan fingerprint density at radius 2 is 1.79 bits per heavy atom. The average Bonchev–Trinajstić information content (AvgIpc) is 2.21. The van der Waals surface area contributed by atoms with E-state index in [0.29, 0.717) is 6.61 Å². The van der Waals surface area contributed by atoms with E-state index in [2.05, 4.69) is 0 Å². The molecule has 0 aliphatic carbocycles. The molecule has 0 bridgehead atoms. The Morgan fingerprint density at radius 1 is 1.14 bits per heavy atom. The van der Waals surface area contributed by atoms with Crippen molar-refractivity contribution in [2.75, 3.05) is 19.8 Å². The lowest BCUT2D eigenvalue weighted by atomic mass is 10.1. The summed E-state index contributed by atoms with van der Waals surface area (Å²) in [5, 5.41) is 36.0. The van der Waals surface area contributed by atoms with E-state index in [4.69, 9.17) is 14.9 Å². The van der Waals surface area contributed by atoms with E-state index in [1.807, 2.05) is 6.92 Å². The van der Waals surface area contributed by atoms with E-state index in [1.54, 1.807) is 0 Å². The van der Waals surface area contributed by atoms with Gasteiger partial charge in [-0.25, -0.2) is 0 Å². The van der Waals surface area contributed by atoms with E-state index in [-0.39, 0.29) is 6.61 Å². The number of hydrogen-bond donors (Lipinski definition) is 4. The van der Waals surface area contributed by atoms with Gasteiger partial charge in [0.2, 0.25) is 0 Å². The molecule has 0 rings (SSSR count). The third-order valence-electron chi connectivity index (χ3n) is 1.91. The molecule has 4 N–H and O–H groups in total. The minimum atomic E-state index is -1.36. The van der Waals surface area contributed by atoms with Gasteiger partial charge in [-0.15, -0.1) is 0 Å². The summed E-state index contributed by atoms with van der Waals surface area (Å²) in [5.41, 5.74) is 0. The second-order valence-corrected chi connectivity index (χ2v) is 3.24. The average molecular weight is 208 g/mol. The highest BCUT2D eigenvalue weighted by Crippen LogP contribution is 2.01. The quantitative estimate of drug-likeness (QED) is 0.379. The van der Waals surface area contributed by atoms with Gasteiger partial charge in [0, 0.05) is 6.61 Å². The predicted octanol–water partition coefficient (Wildman–Crippen LogP) is -1.12. The van der Waals surface area contributed by atoms with Crippen molar-refractivity contribution in [1.29, 1.82) is 0 Å². The first-order valence-corrected chi connectivity index (χ1v) is 4.86. The Bertz CT molecular complexity index is 130. The molecule has 0 fully saturated rings. The predicted molar refractivity (Wildman–Crippen MR) is 50.8 cm³/mol. The van der Waals surface area contributed by atoms with Crippen LogP contribution in [0.1, 0.15) is 19.8 Å². The van der Waals surface area contributed by atoms with Crippen molar-refractivity contribution in [3.8, 4) is 0 Å². The zero-order valence-electron chi connectivity index (χ0n) is 8.46. The molecule has 0 unspecified atom stereocenters. The zero-order chi connectivity index (χ0) is 11.0. The standard InChI is InChI=1S/C9H20O5/c1-2-3-4-14-6-8(12)9(13)7(11)5-10/h7-13H,2-6H2,1H3/t7-,8+,9-/m0/s1. The van der Waals surface area contributed by atoms with Crippen molar-refractivity contribution in [1.82, 2.24) is 0 Å². The SMILES string of the molecule is CCCCOC[C@@H](O)[C@@H](O)[C@@H](O)CO. The smallest absolute Gasteiger partial charge is 0.110 e. The molecule has 0 saturated heterocycles. The molecule has 0 spiro atoms. The third-order valence-corrected chi connectivity index (χ3v) is 1.91. The summed E-state index contributed by atoms with van der Waals surface area (Å²) >= 11 is 0. The number of unbranched alkanes of at least 4 members (excludes halogenated alkanes) is 1. The monoisotopic (exact) mass is 208 g/mol. The van der Waals surface area contributed by atoms with E-state index < -0.39 is 24.9 Å². The number of aliphatic hydroxyl groups excluding tert-OH is 4. The summed E-state index contributed by atoms with van der Waals surface area (Å²) in [6.45, 7) is 1.94. The highest BCUT2D eigenvalue weighted by molar-refractivity contribution is 4.74. The van der Waals surface area contributed by atoms with Gasteiger partial charge in [-0.05, 0) is 6.42 Å². The molecule has 0 aromatic rings. The topological polar surface area (TPSA) is 90.2 Å². The molecule has 0 saturated carbocycles. The number of ether oxygens (including phenoxy) is 1. The second kappa shape index (κ2) is 8.14. The summed E-state index contributed by atoms with van der Waals surface area (Å²) in [6, 6.07) is 0. The Labute approximate surface area is 83.9 Å². The second-order valence-electron chi connectivity index (χ2n) is 3.24. The van der Waals surface area contributed by atoms with Crippen LogP contribution in [0.3, 0.4) is 0 Å². The molecule has 0 aliphatic heterocycles. The van der Waals surface area contributed by atoms with E-state index in [9.17, 15) is 10.2 Å². The molecule has 0 amide bonds. The first-order chi connectivity index (χ1) is 6.63. The lowest BCUT2D eigenvalue weighted by Gasteiger charge is -2.21. The third kappa shape index (κ3) is 5.51. The molecule has 0 radical (unpaired) electrons. The lowest BCUT2D eigenvalue weighted by Crippen LogP contribution is -2.41. The van der Waals surface area contributed by atoms with Gasteiger partial charge in [-0.2, -0.15) is 0 Å². The number of rotatable bonds is 8. The highest BCUT2D eigenvalue weighted by atomic mass is 16.5. The summed E-state index contributed by atoms with van der Waals surface area (Å²) in [6.07, 6.45) is -1.95. The van der Waals surface area contributed by atoms with E-state index in [1.165, 1.54) is 0 Å². The summed E-state index contributed by atoms with van der Waals surface area (Å²) < 4.78 is 5.05. The van der Waals surface area contributed by atoms with E-state index >= 15 is 0 Å². The van der Waals surface area contributed by atoms with Gasteiger partial charge in [-0.1, -0.05) is 13.3 Å². The van der Waals surface area contributed by atoms with Crippen molar-refractivity contribution >= 4 is 0 Å². The van der Waals surface area contributed by atoms with Crippen LogP contribution in [0.4, 0.5) is 0 Å². The maximum absolute atomic E-state index is 9.27. The fraction of sp³-hybridized carbons (Fsp3) is 1.00. The van der Waals surface area contributed by atoms with Crippen molar-refractivity contribution in [3.05, 3.63) is 0 Å². The van der Waals surface area contributed by atoms with Gasteiger partial charge in [-0.3, -0.25) is 0 Å². The summed E-state index contributed by atoms with van der Waals surface area (Å²) in [4.78, 5) is 0. The fourth-order valence-corrected chi connectivity index (χ4v) is 0.913. The normalized spacial score (nSPS) is 17.8. The van der Waals surface area contributed by atoms with Crippen molar-refractivity contribution < 1.29 is 25.2 Å². The molecule has 14 heavy (non-hydrogen) atoms. The van der Waals surface area contributed by atoms with Crippen LogP contribution in [0, 0.1) is 0 Å². The summed E-state index contributed by atoms with van der Waals surface area (Å²) in [7, 11) is 0. The number of aliphatic hydroxyl groups is 4. The molecule has 5 heteroatoms. The molecule has 5 nitrogen and oxygen atoms in total. The van der Waals surface area contributed by atoms with Crippen LogP contribution in [0.2, 0.25) is 0 Å². The number of hydrogen-bond acceptors (Lipinski definition) is 5. The van der Waals surface area contributed by atoms with Gasteiger partial charge in [0.15, 0.2) is 0 Å². The Morgan fingerprint density at radius 3 is 2.29 bits per heavy atom. The van der Waals surface area contributed by atoms with Crippen molar-refractivity contribution in [3.63, 3.8) is 0 Å². The van der Waals surface area contributed by atoms with Crippen molar-refractivity contribution in [2.45, 2.75) is 38.1 Å². The van der Waals surface area contributed by atoms with Gasteiger partial charge in [0.25, 0.3) is 0 Å². The van der Waals surface area contributed by atoms with Crippen LogP contribution < -0.4 is 0 Å². The van der Waals surface area contributed by atoms with Gasteiger partial charge < -0.3 is 25.2 Å². The maximum Gasteiger partial charge on any atom is 0.110 e. The Hall–Kier alpha value is -0.200. The molecule has 86 valence electrons.